The normalized spacial score (nSPS) is 12.8. The molecule has 0 bridgehead atoms. The molecule has 0 saturated heterocycles. The van der Waals surface area contributed by atoms with Crippen LogP contribution in [0.3, 0.4) is 0 Å². The summed E-state index contributed by atoms with van der Waals surface area (Å²) in [5.41, 5.74) is 5.49. The standard InChI is InChI=1S/C13H19N3O3/c1-3-16(9-10(2)12(14)15-18)13(17)19-11-7-5-4-6-8-11/h4-8,10,18H,3,9H2,1-2H3,(H2,14,15). The Labute approximate surface area is 112 Å². The number of para-hydroxylation sites is 1. The zero-order chi connectivity index (χ0) is 14.3. The van der Waals surface area contributed by atoms with E-state index in [0.717, 1.165) is 0 Å². The third kappa shape index (κ3) is 4.50. The zero-order valence-electron chi connectivity index (χ0n) is 11.1. The minimum atomic E-state index is -0.453. The van der Waals surface area contributed by atoms with Gasteiger partial charge in [-0.1, -0.05) is 30.3 Å². The van der Waals surface area contributed by atoms with Crippen molar-refractivity contribution in [3.8, 4) is 5.75 Å². The SMILES string of the molecule is CCN(CC(C)/C(N)=N/O)C(=O)Oc1ccccc1. The molecule has 0 aromatic heterocycles. The molecule has 1 aromatic carbocycles. The molecule has 0 saturated carbocycles. The first-order chi connectivity index (χ1) is 9.08. The number of carbonyl (C=O) groups excluding carboxylic acids is 1. The Morgan fingerprint density at radius 2 is 2.11 bits per heavy atom. The van der Waals surface area contributed by atoms with Crippen LogP contribution in [0.25, 0.3) is 0 Å². The lowest BCUT2D eigenvalue weighted by Gasteiger charge is -2.23. The molecular formula is C13H19N3O3. The van der Waals surface area contributed by atoms with E-state index in [2.05, 4.69) is 5.16 Å². The van der Waals surface area contributed by atoms with Crippen LogP contribution in [0.2, 0.25) is 0 Å². The van der Waals surface area contributed by atoms with Crippen LogP contribution in [-0.4, -0.2) is 35.1 Å². The van der Waals surface area contributed by atoms with E-state index in [1.807, 2.05) is 13.0 Å². The average Bonchev–Trinajstić information content (AvgIpc) is 2.44. The molecule has 0 spiro atoms. The number of amides is 1. The van der Waals surface area contributed by atoms with Crippen molar-refractivity contribution in [3.63, 3.8) is 0 Å². The van der Waals surface area contributed by atoms with Gasteiger partial charge in [-0.3, -0.25) is 0 Å². The summed E-state index contributed by atoms with van der Waals surface area (Å²) in [7, 11) is 0. The highest BCUT2D eigenvalue weighted by Crippen LogP contribution is 2.11. The van der Waals surface area contributed by atoms with Gasteiger partial charge in [0.2, 0.25) is 0 Å². The van der Waals surface area contributed by atoms with Crippen LogP contribution >= 0.6 is 0 Å². The van der Waals surface area contributed by atoms with E-state index < -0.39 is 6.09 Å². The molecule has 0 aliphatic carbocycles. The van der Waals surface area contributed by atoms with Crippen molar-refractivity contribution in [1.29, 1.82) is 0 Å². The molecule has 1 unspecified atom stereocenters. The van der Waals surface area contributed by atoms with Crippen molar-refractivity contribution in [2.24, 2.45) is 16.8 Å². The molecule has 104 valence electrons. The number of hydrogen-bond donors (Lipinski definition) is 2. The molecule has 1 aromatic rings. The van der Waals surface area contributed by atoms with Crippen molar-refractivity contribution >= 4 is 11.9 Å². The molecular weight excluding hydrogens is 246 g/mol. The van der Waals surface area contributed by atoms with Crippen LogP contribution < -0.4 is 10.5 Å². The van der Waals surface area contributed by atoms with E-state index >= 15 is 0 Å². The number of ether oxygens (including phenoxy) is 1. The third-order valence-electron chi connectivity index (χ3n) is 2.70. The number of nitrogens with two attached hydrogens (primary N) is 1. The van der Waals surface area contributed by atoms with E-state index in [4.69, 9.17) is 15.7 Å². The van der Waals surface area contributed by atoms with E-state index in [1.165, 1.54) is 4.90 Å². The number of oxime groups is 1. The Balaban J connectivity index is 2.62. The fourth-order valence-corrected chi connectivity index (χ4v) is 1.51. The van der Waals surface area contributed by atoms with E-state index in [-0.39, 0.29) is 11.8 Å². The Bertz CT molecular complexity index is 434. The van der Waals surface area contributed by atoms with Gasteiger partial charge in [-0.2, -0.15) is 0 Å². The first-order valence-corrected chi connectivity index (χ1v) is 6.07. The summed E-state index contributed by atoms with van der Waals surface area (Å²) < 4.78 is 5.23. The maximum Gasteiger partial charge on any atom is 0.415 e. The van der Waals surface area contributed by atoms with Crippen LogP contribution in [0.4, 0.5) is 4.79 Å². The van der Waals surface area contributed by atoms with Crippen molar-refractivity contribution < 1.29 is 14.7 Å². The van der Waals surface area contributed by atoms with Crippen LogP contribution in [-0.2, 0) is 0 Å². The Morgan fingerprint density at radius 1 is 1.47 bits per heavy atom. The second-order valence-electron chi connectivity index (χ2n) is 4.15. The smallest absolute Gasteiger partial charge is 0.410 e. The second-order valence-corrected chi connectivity index (χ2v) is 4.15. The van der Waals surface area contributed by atoms with Gasteiger partial charge in [0.25, 0.3) is 0 Å². The summed E-state index contributed by atoms with van der Waals surface area (Å²) >= 11 is 0. The van der Waals surface area contributed by atoms with Crippen LogP contribution in [0.1, 0.15) is 13.8 Å². The van der Waals surface area contributed by atoms with Crippen LogP contribution in [0.5, 0.6) is 5.75 Å². The number of amidine groups is 1. The number of hydrogen-bond acceptors (Lipinski definition) is 4. The number of nitrogens with zero attached hydrogens (tertiary/aromatic N) is 2. The maximum absolute atomic E-state index is 12.0. The van der Waals surface area contributed by atoms with Crippen molar-refractivity contribution in [2.45, 2.75) is 13.8 Å². The van der Waals surface area contributed by atoms with Gasteiger partial charge in [0, 0.05) is 19.0 Å². The minimum Gasteiger partial charge on any atom is -0.410 e. The summed E-state index contributed by atoms with van der Waals surface area (Å²) in [6, 6.07) is 8.84. The van der Waals surface area contributed by atoms with Crippen molar-refractivity contribution in [2.75, 3.05) is 13.1 Å². The maximum atomic E-state index is 12.0. The fourth-order valence-electron chi connectivity index (χ4n) is 1.51. The van der Waals surface area contributed by atoms with Gasteiger partial charge in [0.05, 0.1) is 0 Å². The third-order valence-corrected chi connectivity index (χ3v) is 2.70. The Hall–Kier alpha value is -2.24. The van der Waals surface area contributed by atoms with Gasteiger partial charge >= 0.3 is 6.09 Å². The first-order valence-electron chi connectivity index (χ1n) is 6.07. The predicted octanol–water partition coefficient (Wildman–Crippen LogP) is 1.89. The summed E-state index contributed by atoms with van der Waals surface area (Å²) in [6.45, 7) is 4.42. The molecule has 1 amide bonds. The molecule has 0 heterocycles. The van der Waals surface area contributed by atoms with E-state index in [0.29, 0.717) is 18.8 Å². The monoisotopic (exact) mass is 265 g/mol. The minimum absolute atomic E-state index is 0.0889. The van der Waals surface area contributed by atoms with E-state index in [1.54, 1.807) is 31.2 Å². The zero-order valence-corrected chi connectivity index (χ0v) is 11.1. The summed E-state index contributed by atoms with van der Waals surface area (Å²) in [4.78, 5) is 13.4. The highest BCUT2D eigenvalue weighted by Gasteiger charge is 2.19. The van der Waals surface area contributed by atoms with Crippen LogP contribution in [0, 0.1) is 5.92 Å². The van der Waals surface area contributed by atoms with Gasteiger partial charge in [0.1, 0.15) is 11.6 Å². The van der Waals surface area contributed by atoms with Crippen molar-refractivity contribution in [1.82, 2.24) is 4.90 Å². The average molecular weight is 265 g/mol. The van der Waals surface area contributed by atoms with E-state index in [9.17, 15) is 4.79 Å². The van der Waals surface area contributed by atoms with Gasteiger partial charge in [-0.15, -0.1) is 0 Å². The van der Waals surface area contributed by atoms with Gasteiger partial charge in [-0.25, -0.2) is 4.79 Å². The lowest BCUT2D eigenvalue weighted by molar-refractivity contribution is 0.151. The summed E-state index contributed by atoms with van der Waals surface area (Å²) in [5.74, 6) is 0.335. The number of rotatable bonds is 5. The summed E-state index contributed by atoms with van der Waals surface area (Å²) in [6.07, 6.45) is -0.453. The quantitative estimate of drug-likeness (QED) is 0.368. The van der Waals surface area contributed by atoms with Gasteiger partial charge < -0.3 is 20.6 Å². The summed E-state index contributed by atoms with van der Waals surface area (Å²) in [5, 5.41) is 11.5. The Morgan fingerprint density at radius 3 is 2.63 bits per heavy atom. The van der Waals surface area contributed by atoms with Crippen molar-refractivity contribution in [3.05, 3.63) is 30.3 Å². The molecule has 3 N–H and O–H groups in total. The molecule has 0 fully saturated rings. The molecule has 0 radical (unpaired) electrons. The Kier molecular flexibility index (Phi) is 5.66. The second kappa shape index (κ2) is 7.25. The number of benzene rings is 1. The molecule has 1 rings (SSSR count). The molecule has 0 aliphatic rings. The van der Waals surface area contributed by atoms with Crippen LogP contribution in [0.15, 0.2) is 35.5 Å². The van der Waals surface area contributed by atoms with Gasteiger partial charge in [-0.05, 0) is 19.1 Å². The highest BCUT2D eigenvalue weighted by atomic mass is 16.6. The lowest BCUT2D eigenvalue weighted by atomic mass is 10.1. The highest BCUT2D eigenvalue weighted by molar-refractivity contribution is 5.82. The molecule has 6 nitrogen and oxygen atoms in total. The predicted molar refractivity (Wildman–Crippen MR) is 72.3 cm³/mol. The fraction of sp³-hybridized carbons (Fsp3) is 0.385. The lowest BCUT2D eigenvalue weighted by Crippen LogP contribution is -2.40. The molecule has 1 atom stereocenters. The molecule has 19 heavy (non-hydrogen) atoms. The topological polar surface area (TPSA) is 88.1 Å². The molecule has 6 heteroatoms. The molecule has 0 aliphatic heterocycles. The van der Waals surface area contributed by atoms with Gasteiger partial charge in [0.15, 0.2) is 0 Å². The number of carbonyl (C=O) groups is 1. The first kappa shape index (κ1) is 14.8. The largest absolute Gasteiger partial charge is 0.415 e.